The third-order valence-corrected chi connectivity index (χ3v) is 12.2. The molecule has 2 saturated heterocycles. The smallest absolute Gasteiger partial charge is 0.246 e. The number of rotatable bonds is 6. The second-order valence-electron chi connectivity index (χ2n) is 16.9. The summed E-state index contributed by atoms with van der Waals surface area (Å²) in [6.45, 7) is 3.63. The number of aliphatic hydroxyl groups excluding tert-OH is 4. The number of nitrogens with zero attached hydrogens (tertiary/aromatic N) is 3. The second kappa shape index (κ2) is 20.9. The van der Waals surface area contributed by atoms with E-state index in [2.05, 4.69) is 16.0 Å². The molecular formula is C46H58N6O14. The molecule has 4 heterocycles. The minimum absolute atomic E-state index is 0.00547. The van der Waals surface area contributed by atoms with E-state index in [9.17, 15) is 49.2 Å². The molecule has 3 aromatic rings. The summed E-state index contributed by atoms with van der Waals surface area (Å²) in [6, 6.07) is 10.7. The number of amides is 6. The van der Waals surface area contributed by atoms with Gasteiger partial charge in [0.2, 0.25) is 41.7 Å². The Morgan fingerprint density at radius 1 is 0.652 bits per heavy atom. The van der Waals surface area contributed by atoms with Gasteiger partial charge in [-0.2, -0.15) is 0 Å². The van der Waals surface area contributed by atoms with E-state index in [-0.39, 0.29) is 30.8 Å². The molecule has 7 rings (SSSR count). The zero-order chi connectivity index (χ0) is 48.1. The third-order valence-electron chi connectivity index (χ3n) is 12.2. The van der Waals surface area contributed by atoms with Crippen LogP contribution in [0.3, 0.4) is 0 Å². The van der Waals surface area contributed by atoms with E-state index >= 15 is 0 Å². The van der Waals surface area contributed by atoms with Crippen LogP contribution in [0.1, 0.15) is 37.5 Å². The quantitative estimate of drug-likeness (QED) is 0.157. The molecule has 4 aliphatic rings. The molecule has 6 amide bonds. The summed E-state index contributed by atoms with van der Waals surface area (Å²) < 4.78 is 23.1. The Balaban J connectivity index is 1.38. The highest BCUT2D eigenvalue weighted by Crippen LogP contribution is 2.36. The second-order valence-corrected chi connectivity index (χ2v) is 16.9. The van der Waals surface area contributed by atoms with Crippen LogP contribution in [0.15, 0.2) is 66.7 Å². The maximum Gasteiger partial charge on any atom is 0.246 e. The largest absolute Gasteiger partial charge is 0.497 e. The topological polar surface area (TPSA) is 266 Å². The highest BCUT2D eigenvalue weighted by atomic mass is 16.7. The predicted octanol–water partition coefficient (Wildman–Crippen LogP) is -0.984. The first-order valence-corrected chi connectivity index (χ1v) is 21.5. The van der Waals surface area contributed by atoms with Crippen molar-refractivity contribution >= 4 is 35.4 Å². The number of ether oxygens (including phenoxy) is 4. The number of benzene rings is 3. The van der Waals surface area contributed by atoms with Gasteiger partial charge < -0.3 is 70.0 Å². The molecule has 6 bridgehead atoms. The normalized spacial score (nSPS) is 29.5. The molecule has 0 spiro atoms. The van der Waals surface area contributed by atoms with E-state index in [1.165, 1.54) is 75.9 Å². The first-order chi connectivity index (χ1) is 31.3. The van der Waals surface area contributed by atoms with Crippen LogP contribution in [0, 0.1) is 0 Å². The molecule has 66 heavy (non-hydrogen) atoms. The number of aliphatic hydroxyl groups is 4. The zero-order valence-electron chi connectivity index (χ0n) is 37.7. The molecule has 20 nitrogen and oxygen atoms in total. The van der Waals surface area contributed by atoms with E-state index < -0.39 is 109 Å². The van der Waals surface area contributed by atoms with Crippen molar-refractivity contribution in [2.75, 3.05) is 34.9 Å². The van der Waals surface area contributed by atoms with Crippen LogP contribution >= 0.6 is 0 Å². The van der Waals surface area contributed by atoms with Gasteiger partial charge >= 0.3 is 0 Å². The molecule has 356 valence electrons. The lowest BCUT2D eigenvalue weighted by molar-refractivity contribution is -0.277. The molecule has 0 aromatic heterocycles. The molecule has 0 saturated carbocycles. The van der Waals surface area contributed by atoms with Gasteiger partial charge in [-0.25, -0.2) is 0 Å². The Labute approximate surface area is 381 Å². The van der Waals surface area contributed by atoms with Crippen LogP contribution in [0.2, 0.25) is 0 Å². The predicted molar refractivity (Wildman–Crippen MR) is 234 cm³/mol. The first-order valence-electron chi connectivity index (χ1n) is 21.5. The van der Waals surface area contributed by atoms with Crippen molar-refractivity contribution in [1.82, 2.24) is 30.7 Å². The Hall–Kier alpha value is -6.32. The SMILES string of the molecule is COc1ccc(C[C@H]2C(=O)N[C@@H](C)C(=O)N(C)[C@@H]3Cc4ccc(cc4)Oc4cc(ccc4O[C@H]4O[C@@H](CO)[C@H](O)[C@@H](O)[C@@H]4O)C[C@@H](C(=O)N[C@H](C)C(=O)N[C@H](C)C(=O)N2C)N(C)C3=O)cc1. The van der Waals surface area contributed by atoms with Crippen molar-refractivity contribution in [3.8, 4) is 23.0 Å². The number of carbonyl (C=O) groups excluding carboxylic acids is 6. The van der Waals surface area contributed by atoms with Gasteiger partial charge in [0, 0.05) is 40.4 Å². The molecule has 11 atom stereocenters. The maximum absolute atomic E-state index is 14.9. The van der Waals surface area contributed by atoms with Crippen LogP contribution in [0.5, 0.6) is 23.0 Å². The van der Waals surface area contributed by atoms with Crippen molar-refractivity contribution in [3.63, 3.8) is 0 Å². The van der Waals surface area contributed by atoms with Crippen LogP contribution in [-0.2, 0) is 52.8 Å². The Morgan fingerprint density at radius 3 is 1.86 bits per heavy atom. The van der Waals surface area contributed by atoms with Crippen LogP contribution < -0.4 is 30.2 Å². The van der Waals surface area contributed by atoms with Crippen LogP contribution in [0.25, 0.3) is 0 Å². The highest BCUT2D eigenvalue weighted by Gasteiger charge is 2.45. The van der Waals surface area contributed by atoms with E-state index in [0.29, 0.717) is 28.2 Å². The fraction of sp³-hybridized carbons (Fsp3) is 0.478. The molecule has 2 fully saturated rings. The van der Waals surface area contributed by atoms with Crippen LogP contribution in [0.4, 0.5) is 0 Å². The number of methoxy groups -OCH3 is 1. The molecule has 0 unspecified atom stereocenters. The van der Waals surface area contributed by atoms with E-state index in [1.807, 2.05) is 0 Å². The number of likely N-dealkylation sites (N-methyl/N-ethyl adjacent to an activating group) is 3. The van der Waals surface area contributed by atoms with Crippen molar-refractivity contribution in [2.45, 2.75) is 107 Å². The monoisotopic (exact) mass is 918 g/mol. The van der Waals surface area contributed by atoms with E-state index in [4.69, 9.17) is 18.9 Å². The molecule has 7 N–H and O–H groups in total. The number of carbonyl (C=O) groups is 6. The molecule has 20 heteroatoms. The first kappa shape index (κ1) is 49.1. The van der Waals surface area contributed by atoms with E-state index in [0.717, 1.165) is 0 Å². The fourth-order valence-electron chi connectivity index (χ4n) is 8.05. The number of hydrogen-bond acceptors (Lipinski definition) is 14. The van der Waals surface area contributed by atoms with Crippen molar-refractivity contribution in [1.29, 1.82) is 0 Å². The van der Waals surface area contributed by atoms with Gasteiger partial charge in [0.1, 0.15) is 72.2 Å². The number of nitrogens with one attached hydrogen (secondary N) is 3. The number of hydrogen-bond donors (Lipinski definition) is 7. The van der Waals surface area contributed by atoms with Gasteiger partial charge in [0.15, 0.2) is 11.5 Å². The molecular weight excluding hydrogens is 861 g/mol. The lowest BCUT2D eigenvalue weighted by Crippen LogP contribution is -2.61. The van der Waals surface area contributed by atoms with Gasteiger partial charge in [0.05, 0.1) is 13.7 Å². The summed E-state index contributed by atoms with van der Waals surface area (Å²) >= 11 is 0. The lowest BCUT2D eigenvalue weighted by Gasteiger charge is -2.39. The Bertz CT molecular complexity index is 2260. The standard InChI is InChI=1S/C46H58N6O14/c1-23-40(57)48-24(2)43(60)50(4)31(18-26-8-13-29(63-7)14-9-26)42(59)49-25(3)44(61)52(6)33-19-27-10-15-30(16-11-27)64-35-21-28(20-32(41(58)47-23)51(5)45(33)62)12-17-34(35)65-46-39(56)38(55)37(54)36(22-53)66-46/h8-17,21,23-25,31-33,36-39,46,53-56H,18-20,22H2,1-7H3,(H,47,58)(H,48,57)(H,49,59)/t23-,24-,25+,31+,32+,33-,36+,37+,38-,39+,46+/m1/s1. The zero-order valence-corrected chi connectivity index (χ0v) is 37.7. The molecule has 3 aromatic carbocycles. The number of fused-ring (bicyclic) bond motifs is 2. The summed E-state index contributed by atoms with van der Waals surface area (Å²) in [5.74, 6) is -3.10. The third kappa shape index (κ3) is 10.9. The summed E-state index contributed by atoms with van der Waals surface area (Å²) in [4.78, 5) is 89.0. The minimum Gasteiger partial charge on any atom is -0.497 e. The molecule has 0 aliphatic carbocycles. The van der Waals surface area contributed by atoms with Gasteiger partial charge in [-0.3, -0.25) is 28.8 Å². The van der Waals surface area contributed by atoms with Crippen molar-refractivity contribution in [3.05, 3.63) is 83.4 Å². The average molecular weight is 919 g/mol. The molecule has 0 radical (unpaired) electrons. The van der Waals surface area contributed by atoms with Gasteiger partial charge in [0.25, 0.3) is 0 Å². The Kier molecular flexibility index (Phi) is 15.5. The minimum atomic E-state index is -1.73. The lowest BCUT2D eigenvalue weighted by atomic mass is 9.98. The van der Waals surface area contributed by atoms with Crippen molar-refractivity contribution in [2.24, 2.45) is 0 Å². The van der Waals surface area contributed by atoms with Gasteiger partial charge in [-0.15, -0.1) is 0 Å². The van der Waals surface area contributed by atoms with E-state index in [1.54, 1.807) is 54.6 Å². The van der Waals surface area contributed by atoms with Crippen LogP contribution in [-0.4, -0.2) is 172 Å². The van der Waals surface area contributed by atoms with Gasteiger partial charge in [-0.1, -0.05) is 30.3 Å². The Morgan fingerprint density at radius 2 is 1.23 bits per heavy atom. The molecule has 4 aliphatic heterocycles. The maximum atomic E-state index is 14.9. The van der Waals surface area contributed by atoms with Crippen molar-refractivity contribution < 1.29 is 68.1 Å². The summed E-state index contributed by atoms with van der Waals surface area (Å²) in [5, 5.41) is 49.2. The summed E-state index contributed by atoms with van der Waals surface area (Å²) in [6.07, 6.45) is -8.08. The fourth-order valence-corrected chi connectivity index (χ4v) is 8.05. The summed E-state index contributed by atoms with van der Waals surface area (Å²) in [7, 11) is 5.76. The highest BCUT2D eigenvalue weighted by molar-refractivity contribution is 5.98. The average Bonchev–Trinajstić information content (AvgIpc) is 3.30. The summed E-state index contributed by atoms with van der Waals surface area (Å²) in [5.41, 5.74) is 1.67. The van der Waals surface area contributed by atoms with Gasteiger partial charge in [-0.05, 0) is 73.9 Å².